The molecule has 0 bridgehead atoms. The molecule has 104 valence electrons. The van der Waals surface area contributed by atoms with Crippen molar-refractivity contribution in [1.82, 2.24) is 9.97 Å². The van der Waals surface area contributed by atoms with Gasteiger partial charge in [0.05, 0.1) is 4.92 Å². The Kier molecular flexibility index (Phi) is 4.52. The van der Waals surface area contributed by atoms with Gasteiger partial charge < -0.3 is 5.73 Å². The molecule has 20 heavy (non-hydrogen) atoms. The van der Waals surface area contributed by atoms with Crippen LogP contribution in [0.3, 0.4) is 0 Å². The molecule has 0 saturated heterocycles. The lowest BCUT2D eigenvalue weighted by molar-refractivity contribution is -0.385. The third kappa shape index (κ3) is 3.67. The zero-order valence-corrected chi connectivity index (χ0v) is 11.8. The van der Waals surface area contributed by atoms with E-state index in [1.54, 1.807) is 24.3 Å². The van der Waals surface area contributed by atoms with Gasteiger partial charge in [0.1, 0.15) is 5.82 Å². The molecule has 2 N–H and O–H groups in total. The smallest absolute Gasteiger partial charge is 0.272 e. The minimum atomic E-state index is -0.360. The van der Waals surface area contributed by atoms with Crippen molar-refractivity contribution in [3.8, 4) is 0 Å². The lowest BCUT2D eigenvalue weighted by atomic mass is 10.1. The van der Waals surface area contributed by atoms with E-state index in [1.165, 1.54) is 17.8 Å². The topological polar surface area (TPSA) is 94.9 Å². The zero-order chi connectivity index (χ0) is 14.5. The molecule has 0 aliphatic rings. The van der Waals surface area contributed by atoms with Crippen molar-refractivity contribution < 1.29 is 4.92 Å². The minimum absolute atomic E-state index is 0.151. The number of nitrogens with two attached hydrogens (primary N) is 1. The summed E-state index contributed by atoms with van der Waals surface area (Å²) in [5, 5.41) is 11.5. The highest BCUT2D eigenvalue weighted by Gasteiger charge is 2.12. The van der Waals surface area contributed by atoms with E-state index in [0.29, 0.717) is 28.7 Å². The first-order chi connectivity index (χ1) is 9.56. The molecule has 7 heteroatoms. The fourth-order valence-electron chi connectivity index (χ4n) is 1.78. The first kappa shape index (κ1) is 14.3. The number of hydrogen-bond acceptors (Lipinski definition) is 6. The van der Waals surface area contributed by atoms with Crippen LogP contribution in [0.1, 0.15) is 11.3 Å². The lowest BCUT2D eigenvalue weighted by Gasteiger charge is -2.04. The second-order valence-electron chi connectivity index (χ2n) is 4.20. The van der Waals surface area contributed by atoms with Crippen LogP contribution < -0.4 is 5.73 Å². The Morgan fingerprint density at radius 3 is 2.80 bits per heavy atom. The molecule has 0 radical (unpaired) electrons. The van der Waals surface area contributed by atoms with Crippen molar-refractivity contribution in [1.29, 1.82) is 0 Å². The number of thioether (sulfide) groups is 1. The number of nitrogens with zero attached hydrogens (tertiary/aromatic N) is 3. The van der Waals surface area contributed by atoms with Crippen molar-refractivity contribution in [3.63, 3.8) is 0 Å². The summed E-state index contributed by atoms with van der Waals surface area (Å²) in [5.74, 6) is 1.10. The Labute approximate surface area is 120 Å². The molecular formula is C13H14N4O2S. The number of nitrogen functional groups attached to an aromatic ring is 1. The molecule has 0 saturated carbocycles. The Hall–Kier alpha value is -2.15. The standard InChI is InChI=1S/C13H14N4O2S/c1-9-8-12(14)16-13(15-9)20-7-6-10-4-2-3-5-11(10)17(18)19/h2-5,8H,6-7H2,1H3,(H2,14,15,16). The summed E-state index contributed by atoms with van der Waals surface area (Å²) >= 11 is 1.44. The molecule has 1 aromatic carbocycles. The molecule has 0 aliphatic heterocycles. The molecule has 0 spiro atoms. The van der Waals surface area contributed by atoms with E-state index in [1.807, 2.05) is 6.92 Å². The molecule has 1 aromatic heterocycles. The first-order valence-electron chi connectivity index (χ1n) is 6.02. The summed E-state index contributed by atoms with van der Waals surface area (Å²) in [6, 6.07) is 8.45. The molecule has 1 heterocycles. The summed E-state index contributed by atoms with van der Waals surface area (Å²) in [7, 11) is 0. The molecule has 6 nitrogen and oxygen atoms in total. The fraction of sp³-hybridized carbons (Fsp3) is 0.231. The van der Waals surface area contributed by atoms with E-state index in [9.17, 15) is 10.1 Å². The monoisotopic (exact) mass is 290 g/mol. The Balaban J connectivity index is 2.01. The minimum Gasteiger partial charge on any atom is -0.384 e. The van der Waals surface area contributed by atoms with Gasteiger partial charge in [-0.25, -0.2) is 9.97 Å². The number of nitro benzene ring substituents is 1. The van der Waals surface area contributed by atoms with E-state index < -0.39 is 0 Å². The van der Waals surface area contributed by atoms with Gasteiger partial charge in [-0.05, 0) is 13.3 Å². The molecule has 0 unspecified atom stereocenters. The summed E-state index contributed by atoms with van der Waals surface area (Å²) < 4.78 is 0. The Morgan fingerprint density at radius 2 is 2.10 bits per heavy atom. The Bertz CT molecular complexity index is 613. The van der Waals surface area contributed by atoms with Crippen LogP contribution >= 0.6 is 11.8 Å². The number of nitro groups is 1. The predicted molar refractivity (Wildman–Crippen MR) is 78.7 cm³/mol. The van der Waals surface area contributed by atoms with Crippen LogP contribution in [0.25, 0.3) is 0 Å². The number of benzene rings is 1. The maximum absolute atomic E-state index is 10.9. The summed E-state index contributed by atoms with van der Waals surface area (Å²) in [6.07, 6.45) is 0.582. The first-order valence-corrected chi connectivity index (χ1v) is 7.01. The lowest BCUT2D eigenvalue weighted by Crippen LogP contribution is -1.99. The summed E-state index contributed by atoms with van der Waals surface area (Å²) in [4.78, 5) is 18.9. The van der Waals surface area contributed by atoms with Gasteiger partial charge in [-0.2, -0.15) is 0 Å². The molecule has 0 aliphatic carbocycles. The predicted octanol–water partition coefficient (Wildman–Crippen LogP) is 2.61. The Morgan fingerprint density at radius 1 is 1.35 bits per heavy atom. The van der Waals surface area contributed by atoms with Crippen LogP contribution in [0, 0.1) is 17.0 Å². The average Bonchev–Trinajstić information content (AvgIpc) is 2.38. The number of aryl methyl sites for hydroxylation is 2. The van der Waals surface area contributed by atoms with Crippen LogP contribution in [0.4, 0.5) is 11.5 Å². The van der Waals surface area contributed by atoms with Crippen LogP contribution in [-0.4, -0.2) is 20.6 Å². The van der Waals surface area contributed by atoms with Crippen LogP contribution in [-0.2, 0) is 6.42 Å². The van der Waals surface area contributed by atoms with E-state index in [0.717, 1.165) is 5.69 Å². The molecule has 2 aromatic rings. The second kappa shape index (κ2) is 6.33. The fourth-order valence-corrected chi connectivity index (χ4v) is 2.67. The van der Waals surface area contributed by atoms with Gasteiger partial charge in [-0.1, -0.05) is 30.0 Å². The van der Waals surface area contributed by atoms with Gasteiger partial charge in [-0.3, -0.25) is 10.1 Å². The van der Waals surface area contributed by atoms with E-state index >= 15 is 0 Å². The van der Waals surface area contributed by atoms with Crippen molar-refractivity contribution >= 4 is 23.3 Å². The van der Waals surface area contributed by atoms with Gasteiger partial charge in [0, 0.05) is 29.1 Å². The van der Waals surface area contributed by atoms with Crippen LogP contribution in [0.2, 0.25) is 0 Å². The van der Waals surface area contributed by atoms with Crippen molar-refractivity contribution in [2.75, 3.05) is 11.5 Å². The molecule has 0 atom stereocenters. The van der Waals surface area contributed by atoms with Crippen LogP contribution in [0.5, 0.6) is 0 Å². The highest BCUT2D eigenvalue weighted by molar-refractivity contribution is 7.99. The van der Waals surface area contributed by atoms with Crippen molar-refractivity contribution in [2.24, 2.45) is 0 Å². The zero-order valence-electron chi connectivity index (χ0n) is 10.9. The maximum atomic E-state index is 10.9. The normalized spacial score (nSPS) is 10.4. The SMILES string of the molecule is Cc1cc(N)nc(SCCc2ccccc2[N+](=O)[O-])n1. The van der Waals surface area contributed by atoms with Gasteiger partial charge in [0.15, 0.2) is 5.16 Å². The quantitative estimate of drug-likeness (QED) is 0.393. The maximum Gasteiger partial charge on any atom is 0.272 e. The van der Waals surface area contributed by atoms with Gasteiger partial charge in [-0.15, -0.1) is 0 Å². The van der Waals surface area contributed by atoms with E-state index in [4.69, 9.17) is 5.73 Å². The third-order valence-electron chi connectivity index (χ3n) is 2.64. The molecule has 0 amide bonds. The number of rotatable bonds is 5. The molecular weight excluding hydrogens is 276 g/mol. The number of hydrogen-bond donors (Lipinski definition) is 1. The number of aromatic nitrogens is 2. The average molecular weight is 290 g/mol. The van der Waals surface area contributed by atoms with Gasteiger partial charge in [0.25, 0.3) is 5.69 Å². The van der Waals surface area contributed by atoms with Crippen molar-refractivity contribution in [2.45, 2.75) is 18.5 Å². The highest BCUT2D eigenvalue weighted by Crippen LogP contribution is 2.22. The molecule has 0 fully saturated rings. The molecule has 2 rings (SSSR count). The second-order valence-corrected chi connectivity index (χ2v) is 5.26. The van der Waals surface area contributed by atoms with Crippen LogP contribution in [0.15, 0.2) is 35.5 Å². The highest BCUT2D eigenvalue weighted by atomic mass is 32.2. The number of para-hydroxylation sites is 1. The van der Waals surface area contributed by atoms with Crippen molar-refractivity contribution in [3.05, 3.63) is 51.7 Å². The van der Waals surface area contributed by atoms with Gasteiger partial charge >= 0.3 is 0 Å². The third-order valence-corrected chi connectivity index (χ3v) is 3.49. The summed E-state index contributed by atoms with van der Waals surface area (Å²) in [6.45, 7) is 1.85. The largest absolute Gasteiger partial charge is 0.384 e. The number of anilines is 1. The van der Waals surface area contributed by atoms with E-state index in [-0.39, 0.29) is 10.6 Å². The van der Waals surface area contributed by atoms with Gasteiger partial charge in [0.2, 0.25) is 0 Å². The van der Waals surface area contributed by atoms with E-state index in [2.05, 4.69) is 9.97 Å². The summed E-state index contributed by atoms with van der Waals surface area (Å²) in [5.41, 5.74) is 7.33.